The molecule has 0 atom stereocenters. The second kappa shape index (κ2) is 6.54. The van der Waals surface area contributed by atoms with Crippen molar-refractivity contribution in [2.75, 3.05) is 30.3 Å². The predicted molar refractivity (Wildman–Crippen MR) is 103 cm³/mol. The van der Waals surface area contributed by atoms with Crippen molar-refractivity contribution in [1.29, 1.82) is 0 Å². The fraction of sp³-hybridized carbons (Fsp3) is 0.300. The van der Waals surface area contributed by atoms with E-state index in [-0.39, 0.29) is 6.61 Å². The predicted octanol–water partition coefficient (Wildman–Crippen LogP) is 4.38. The third-order valence-corrected chi connectivity index (χ3v) is 5.53. The number of aromatic nitrogens is 1. The molecule has 0 bridgehead atoms. The Labute approximate surface area is 146 Å². The van der Waals surface area contributed by atoms with E-state index in [4.69, 9.17) is 0 Å². The lowest BCUT2D eigenvalue weighted by molar-refractivity contribution is 0.201. The topological polar surface area (TPSA) is 39.3 Å². The van der Waals surface area contributed by atoms with E-state index in [1.54, 1.807) is 0 Å². The zero-order valence-corrected chi connectivity index (χ0v) is 14.6. The minimum Gasteiger partial charge on any atom is -0.396 e. The van der Waals surface area contributed by atoms with E-state index in [0.29, 0.717) is 5.92 Å². The number of nitrogens with zero attached hydrogens (tertiary/aromatic N) is 1. The van der Waals surface area contributed by atoms with Crippen LogP contribution in [0.5, 0.6) is 0 Å². The van der Waals surface area contributed by atoms with Crippen molar-refractivity contribution in [3.8, 4) is 11.3 Å². The summed E-state index contributed by atoms with van der Waals surface area (Å²) in [6.07, 6.45) is 0. The Morgan fingerprint density at radius 3 is 2.75 bits per heavy atom. The van der Waals surface area contributed by atoms with Gasteiger partial charge in [-0.2, -0.15) is 0 Å². The monoisotopic (exact) mass is 338 g/mol. The van der Waals surface area contributed by atoms with Gasteiger partial charge in [0.25, 0.3) is 0 Å². The SMILES string of the molecule is CCSc1ccc(N2CC(CO)C2)c(-c2cc3ccccc3[nH]2)c1. The fourth-order valence-electron chi connectivity index (χ4n) is 3.36. The molecule has 0 amide bonds. The summed E-state index contributed by atoms with van der Waals surface area (Å²) in [5, 5.41) is 10.5. The molecule has 0 spiro atoms. The van der Waals surface area contributed by atoms with Crippen LogP contribution in [0.25, 0.3) is 22.2 Å². The summed E-state index contributed by atoms with van der Waals surface area (Å²) >= 11 is 1.87. The van der Waals surface area contributed by atoms with E-state index in [1.807, 2.05) is 11.8 Å². The number of fused-ring (bicyclic) bond motifs is 1. The van der Waals surface area contributed by atoms with E-state index in [0.717, 1.165) is 24.5 Å². The molecule has 2 N–H and O–H groups in total. The Balaban J connectivity index is 1.77. The number of anilines is 1. The van der Waals surface area contributed by atoms with E-state index in [9.17, 15) is 5.11 Å². The van der Waals surface area contributed by atoms with Crippen molar-refractivity contribution in [3.05, 3.63) is 48.5 Å². The molecule has 4 heteroatoms. The smallest absolute Gasteiger partial charge is 0.0493 e. The van der Waals surface area contributed by atoms with E-state index in [1.165, 1.54) is 27.0 Å². The minimum absolute atomic E-state index is 0.280. The Bertz CT molecular complexity index is 819. The zero-order valence-electron chi connectivity index (χ0n) is 13.8. The van der Waals surface area contributed by atoms with Gasteiger partial charge in [0.15, 0.2) is 0 Å². The van der Waals surface area contributed by atoms with E-state index in [2.05, 4.69) is 65.3 Å². The fourth-order valence-corrected chi connectivity index (χ4v) is 4.06. The van der Waals surface area contributed by atoms with E-state index >= 15 is 0 Å². The molecule has 1 fully saturated rings. The molecule has 3 aromatic rings. The van der Waals surface area contributed by atoms with Gasteiger partial charge in [-0.05, 0) is 36.1 Å². The van der Waals surface area contributed by atoms with Gasteiger partial charge in [0.1, 0.15) is 0 Å². The van der Waals surface area contributed by atoms with Crippen molar-refractivity contribution < 1.29 is 5.11 Å². The highest BCUT2D eigenvalue weighted by atomic mass is 32.2. The maximum absolute atomic E-state index is 9.31. The van der Waals surface area contributed by atoms with Gasteiger partial charge in [-0.1, -0.05) is 25.1 Å². The number of aliphatic hydroxyl groups excluding tert-OH is 1. The summed E-state index contributed by atoms with van der Waals surface area (Å²) in [4.78, 5) is 7.23. The van der Waals surface area contributed by atoms with Crippen molar-refractivity contribution in [3.63, 3.8) is 0 Å². The number of aromatic amines is 1. The normalized spacial score (nSPS) is 15.0. The van der Waals surface area contributed by atoms with Gasteiger partial charge in [0, 0.05) is 58.4 Å². The van der Waals surface area contributed by atoms with Crippen LogP contribution in [0.2, 0.25) is 0 Å². The van der Waals surface area contributed by atoms with Crippen LogP contribution >= 0.6 is 11.8 Å². The average molecular weight is 338 g/mol. The summed E-state index contributed by atoms with van der Waals surface area (Å²) in [5.74, 6) is 1.48. The Morgan fingerprint density at radius 2 is 2.00 bits per heavy atom. The summed E-state index contributed by atoms with van der Waals surface area (Å²) in [5.41, 5.74) is 4.84. The maximum Gasteiger partial charge on any atom is 0.0493 e. The van der Waals surface area contributed by atoms with Crippen LogP contribution < -0.4 is 4.90 Å². The number of benzene rings is 2. The molecule has 4 rings (SSSR count). The van der Waals surface area contributed by atoms with Crippen molar-refractivity contribution in [2.45, 2.75) is 11.8 Å². The first-order chi connectivity index (χ1) is 11.8. The largest absolute Gasteiger partial charge is 0.396 e. The number of thioether (sulfide) groups is 1. The summed E-state index contributed by atoms with van der Waals surface area (Å²) in [6, 6.07) is 17.4. The van der Waals surface area contributed by atoms with Crippen molar-refractivity contribution in [1.82, 2.24) is 4.98 Å². The molecule has 0 radical (unpaired) electrons. The van der Waals surface area contributed by atoms with E-state index < -0.39 is 0 Å². The number of H-pyrrole nitrogens is 1. The molecule has 0 unspecified atom stereocenters. The third-order valence-electron chi connectivity index (χ3n) is 4.66. The number of nitrogens with one attached hydrogen (secondary N) is 1. The number of rotatable bonds is 5. The molecule has 3 nitrogen and oxygen atoms in total. The molecular weight excluding hydrogens is 316 g/mol. The quantitative estimate of drug-likeness (QED) is 0.678. The van der Waals surface area contributed by atoms with Gasteiger partial charge >= 0.3 is 0 Å². The molecule has 124 valence electrons. The summed E-state index contributed by atoms with van der Waals surface area (Å²) in [7, 11) is 0. The number of para-hydroxylation sites is 1. The molecule has 24 heavy (non-hydrogen) atoms. The second-order valence-electron chi connectivity index (χ2n) is 6.34. The van der Waals surface area contributed by atoms with Gasteiger partial charge in [-0.15, -0.1) is 11.8 Å². The molecule has 1 aromatic heterocycles. The lowest BCUT2D eigenvalue weighted by atomic mass is 9.98. The average Bonchev–Trinajstić information content (AvgIpc) is 2.99. The number of hydrogen-bond donors (Lipinski definition) is 2. The first kappa shape index (κ1) is 15.6. The molecule has 1 aliphatic heterocycles. The lowest BCUT2D eigenvalue weighted by Crippen LogP contribution is -2.48. The first-order valence-corrected chi connectivity index (χ1v) is 9.48. The highest BCUT2D eigenvalue weighted by Crippen LogP contribution is 2.38. The molecular formula is C20H22N2OS. The van der Waals surface area contributed by atoms with Crippen LogP contribution in [-0.4, -0.2) is 35.5 Å². The van der Waals surface area contributed by atoms with Crippen molar-refractivity contribution in [2.24, 2.45) is 5.92 Å². The van der Waals surface area contributed by atoms with Gasteiger partial charge in [-0.25, -0.2) is 0 Å². The molecule has 0 saturated carbocycles. The Kier molecular flexibility index (Phi) is 4.25. The zero-order chi connectivity index (χ0) is 16.5. The summed E-state index contributed by atoms with van der Waals surface area (Å²) < 4.78 is 0. The van der Waals surface area contributed by atoms with Crippen LogP contribution in [-0.2, 0) is 0 Å². The Hall–Kier alpha value is -1.91. The second-order valence-corrected chi connectivity index (χ2v) is 7.67. The third kappa shape index (κ3) is 2.80. The summed E-state index contributed by atoms with van der Waals surface area (Å²) in [6.45, 7) is 4.33. The van der Waals surface area contributed by atoms with Gasteiger partial charge in [-0.3, -0.25) is 0 Å². The molecule has 1 aliphatic rings. The van der Waals surface area contributed by atoms with Crippen LogP contribution in [0.4, 0.5) is 5.69 Å². The maximum atomic E-state index is 9.31. The van der Waals surface area contributed by atoms with Gasteiger partial charge in [0.2, 0.25) is 0 Å². The molecule has 1 saturated heterocycles. The minimum atomic E-state index is 0.280. The molecule has 2 aromatic carbocycles. The number of aliphatic hydroxyl groups is 1. The van der Waals surface area contributed by atoms with Crippen LogP contribution in [0.1, 0.15) is 6.92 Å². The van der Waals surface area contributed by atoms with Gasteiger partial charge < -0.3 is 15.0 Å². The Morgan fingerprint density at radius 1 is 1.17 bits per heavy atom. The number of hydrogen-bond acceptors (Lipinski definition) is 3. The standard InChI is InChI=1S/C20H22N2OS/c1-2-24-16-7-8-20(22-11-14(12-22)13-23)17(10-16)19-9-15-5-3-4-6-18(15)21-19/h3-10,14,21,23H,2,11-13H2,1H3. The van der Waals surface area contributed by atoms with Gasteiger partial charge in [0.05, 0.1) is 0 Å². The molecule has 0 aliphatic carbocycles. The van der Waals surface area contributed by atoms with Crippen LogP contribution in [0.15, 0.2) is 53.4 Å². The first-order valence-electron chi connectivity index (χ1n) is 8.49. The highest BCUT2D eigenvalue weighted by molar-refractivity contribution is 7.99. The highest BCUT2D eigenvalue weighted by Gasteiger charge is 2.28. The van der Waals surface area contributed by atoms with Crippen LogP contribution in [0.3, 0.4) is 0 Å². The van der Waals surface area contributed by atoms with Crippen LogP contribution in [0, 0.1) is 5.92 Å². The lowest BCUT2D eigenvalue weighted by Gasteiger charge is -2.41. The van der Waals surface area contributed by atoms with Crippen molar-refractivity contribution >= 4 is 28.4 Å². The molecule has 2 heterocycles.